The summed E-state index contributed by atoms with van der Waals surface area (Å²) >= 11 is 0. The van der Waals surface area contributed by atoms with E-state index in [1.165, 1.54) is 6.42 Å². The lowest BCUT2D eigenvalue weighted by atomic mass is 10.1. The molecule has 1 rings (SSSR count). The Kier molecular flexibility index (Phi) is 5.45. The van der Waals surface area contributed by atoms with E-state index >= 15 is 0 Å². The second-order valence-corrected chi connectivity index (χ2v) is 4.93. The normalized spacial score (nSPS) is 19.6. The van der Waals surface area contributed by atoms with Crippen molar-refractivity contribution in [3.8, 4) is 0 Å². The Hall–Kier alpha value is -1.06. The number of piperidine rings is 1. The van der Waals surface area contributed by atoms with Gasteiger partial charge in [0.05, 0.1) is 0 Å². The molecule has 0 aromatic carbocycles. The van der Waals surface area contributed by atoms with Gasteiger partial charge in [-0.3, -0.25) is 9.59 Å². The lowest BCUT2D eigenvalue weighted by molar-refractivity contribution is -0.137. The van der Waals surface area contributed by atoms with Gasteiger partial charge in [0.15, 0.2) is 0 Å². The first-order chi connectivity index (χ1) is 8.06. The fourth-order valence-corrected chi connectivity index (χ4v) is 1.99. The average Bonchev–Trinajstić information content (AvgIpc) is 2.37. The third-order valence-corrected chi connectivity index (χ3v) is 3.46. The zero-order chi connectivity index (χ0) is 12.8. The standard InChI is InChI=1S/C13H24N2O2/c1-4-10(2)12(16)14-11(3)13(17)15-8-6-5-7-9-15/h10-11H,4-9H2,1-3H3,(H,14,16). The Balaban J connectivity index is 2.43. The minimum absolute atomic E-state index is 0.0217. The van der Waals surface area contributed by atoms with E-state index in [0.717, 1.165) is 32.4 Å². The minimum Gasteiger partial charge on any atom is -0.344 e. The zero-order valence-electron chi connectivity index (χ0n) is 11.2. The van der Waals surface area contributed by atoms with E-state index in [9.17, 15) is 9.59 Å². The Morgan fingerprint density at radius 2 is 1.76 bits per heavy atom. The summed E-state index contributed by atoms with van der Waals surface area (Å²) < 4.78 is 0. The number of rotatable bonds is 4. The van der Waals surface area contributed by atoms with Crippen LogP contribution in [-0.4, -0.2) is 35.8 Å². The summed E-state index contributed by atoms with van der Waals surface area (Å²) in [6, 6.07) is -0.394. The molecule has 1 aliphatic heterocycles. The predicted molar refractivity (Wildman–Crippen MR) is 67.5 cm³/mol. The molecule has 0 bridgehead atoms. The summed E-state index contributed by atoms with van der Waals surface area (Å²) in [5.41, 5.74) is 0. The minimum atomic E-state index is -0.394. The maximum Gasteiger partial charge on any atom is 0.244 e. The lowest BCUT2D eigenvalue weighted by Gasteiger charge is -2.29. The maximum absolute atomic E-state index is 12.1. The SMILES string of the molecule is CCC(C)C(=O)NC(C)C(=O)N1CCCCC1. The highest BCUT2D eigenvalue weighted by Crippen LogP contribution is 2.10. The summed E-state index contributed by atoms with van der Waals surface area (Å²) in [6.07, 6.45) is 4.17. The van der Waals surface area contributed by atoms with E-state index in [1.54, 1.807) is 6.92 Å². The molecule has 1 heterocycles. The van der Waals surface area contributed by atoms with Crippen molar-refractivity contribution < 1.29 is 9.59 Å². The monoisotopic (exact) mass is 240 g/mol. The molecule has 0 aromatic rings. The molecule has 0 aliphatic carbocycles. The molecular formula is C13H24N2O2. The first-order valence-electron chi connectivity index (χ1n) is 6.65. The first-order valence-corrected chi connectivity index (χ1v) is 6.65. The van der Waals surface area contributed by atoms with Crippen LogP contribution in [0.5, 0.6) is 0 Å². The molecule has 4 heteroatoms. The van der Waals surface area contributed by atoms with Gasteiger partial charge in [-0.1, -0.05) is 13.8 Å². The summed E-state index contributed by atoms with van der Waals surface area (Å²) in [4.78, 5) is 25.6. The molecule has 0 radical (unpaired) electrons. The quantitative estimate of drug-likeness (QED) is 0.810. The van der Waals surface area contributed by atoms with Crippen molar-refractivity contribution in [3.63, 3.8) is 0 Å². The van der Waals surface area contributed by atoms with E-state index in [1.807, 2.05) is 18.7 Å². The molecule has 1 saturated heterocycles. The van der Waals surface area contributed by atoms with Gasteiger partial charge in [0.1, 0.15) is 6.04 Å². The number of carbonyl (C=O) groups is 2. The van der Waals surface area contributed by atoms with Gasteiger partial charge >= 0.3 is 0 Å². The molecule has 2 amide bonds. The lowest BCUT2D eigenvalue weighted by Crippen LogP contribution is -2.49. The second kappa shape index (κ2) is 6.62. The van der Waals surface area contributed by atoms with Crippen LogP contribution in [0.3, 0.4) is 0 Å². The number of hydrogen-bond acceptors (Lipinski definition) is 2. The number of amides is 2. The summed E-state index contributed by atoms with van der Waals surface area (Å²) in [5.74, 6) is 0.0123. The molecule has 4 nitrogen and oxygen atoms in total. The predicted octanol–water partition coefficient (Wildman–Crippen LogP) is 1.55. The molecule has 1 fully saturated rings. The second-order valence-electron chi connectivity index (χ2n) is 4.93. The average molecular weight is 240 g/mol. The van der Waals surface area contributed by atoms with Crippen LogP contribution in [0.2, 0.25) is 0 Å². The van der Waals surface area contributed by atoms with E-state index in [-0.39, 0.29) is 17.7 Å². The van der Waals surface area contributed by atoms with E-state index < -0.39 is 6.04 Å². The molecule has 1 aliphatic rings. The van der Waals surface area contributed by atoms with Crippen LogP contribution in [0.1, 0.15) is 46.5 Å². The number of likely N-dealkylation sites (tertiary alicyclic amines) is 1. The highest BCUT2D eigenvalue weighted by atomic mass is 16.2. The topological polar surface area (TPSA) is 49.4 Å². The van der Waals surface area contributed by atoms with Crippen molar-refractivity contribution >= 4 is 11.8 Å². The van der Waals surface area contributed by atoms with E-state index in [2.05, 4.69) is 5.32 Å². The van der Waals surface area contributed by atoms with Crippen LogP contribution < -0.4 is 5.32 Å². The van der Waals surface area contributed by atoms with E-state index in [0.29, 0.717) is 0 Å². The van der Waals surface area contributed by atoms with Crippen molar-refractivity contribution in [2.24, 2.45) is 5.92 Å². The number of hydrogen-bond donors (Lipinski definition) is 1. The smallest absolute Gasteiger partial charge is 0.244 e. The van der Waals surface area contributed by atoms with Gasteiger partial charge in [-0.25, -0.2) is 0 Å². The Morgan fingerprint density at radius 1 is 1.18 bits per heavy atom. The number of nitrogens with zero attached hydrogens (tertiary/aromatic N) is 1. The van der Waals surface area contributed by atoms with Crippen LogP contribution in [0, 0.1) is 5.92 Å². The molecule has 17 heavy (non-hydrogen) atoms. The molecule has 0 saturated carbocycles. The van der Waals surface area contributed by atoms with Crippen LogP contribution in [-0.2, 0) is 9.59 Å². The Bertz CT molecular complexity index is 273. The fraction of sp³-hybridized carbons (Fsp3) is 0.846. The van der Waals surface area contributed by atoms with Gasteiger partial charge in [0.25, 0.3) is 0 Å². The summed E-state index contributed by atoms with van der Waals surface area (Å²) in [5, 5.41) is 2.80. The molecule has 98 valence electrons. The van der Waals surface area contributed by atoms with Gasteiger partial charge in [0, 0.05) is 19.0 Å². The molecule has 2 atom stereocenters. The van der Waals surface area contributed by atoms with Crippen molar-refractivity contribution in [2.45, 2.75) is 52.5 Å². The van der Waals surface area contributed by atoms with Crippen LogP contribution >= 0.6 is 0 Å². The third-order valence-electron chi connectivity index (χ3n) is 3.46. The molecule has 0 aromatic heterocycles. The largest absolute Gasteiger partial charge is 0.344 e. The maximum atomic E-state index is 12.1. The molecule has 1 N–H and O–H groups in total. The Labute approximate surface area is 104 Å². The van der Waals surface area contributed by atoms with Gasteiger partial charge in [-0.05, 0) is 32.6 Å². The summed E-state index contributed by atoms with van der Waals surface area (Å²) in [6.45, 7) is 7.30. The molecular weight excluding hydrogens is 216 g/mol. The molecule has 2 unspecified atom stereocenters. The van der Waals surface area contributed by atoms with E-state index in [4.69, 9.17) is 0 Å². The number of carbonyl (C=O) groups excluding carboxylic acids is 2. The first kappa shape index (κ1) is 14.0. The van der Waals surface area contributed by atoms with Crippen molar-refractivity contribution in [1.29, 1.82) is 0 Å². The van der Waals surface area contributed by atoms with Crippen molar-refractivity contribution in [2.75, 3.05) is 13.1 Å². The highest BCUT2D eigenvalue weighted by molar-refractivity contribution is 5.88. The van der Waals surface area contributed by atoms with Crippen molar-refractivity contribution in [3.05, 3.63) is 0 Å². The van der Waals surface area contributed by atoms with Crippen LogP contribution in [0.15, 0.2) is 0 Å². The van der Waals surface area contributed by atoms with Crippen LogP contribution in [0.4, 0.5) is 0 Å². The van der Waals surface area contributed by atoms with Crippen molar-refractivity contribution in [1.82, 2.24) is 10.2 Å². The van der Waals surface area contributed by atoms with Gasteiger partial charge in [0.2, 0.25) is 11.8 Å². The van der Waals surface area contributed by atoms with Gasteiger partial charge in [-0.15, -0.1) is 0 Å². The highest BCUT2D eigenvalue weighted by Gasteiger charge is 2.24. The zero-order valence-corrected chi connectivity index (χ0v) is 11.2. The van der Waals surface area contributed by atoms with Gasteiger partial charge < -0.3 is 10.2 Å². The third kappa shape index (κ3) is 4.02. The Morgan fingerprint density at radius 3 is 2.29 bits per heavy atom. The fourth-order valence-electron chi connectivity index (χ4n) is 1.99. The summed E-state index contributed by atoms with van der Waals surface area (Å²) in [7, 11) is 0. The van der Waals surface area contributed by atoms with Gasteiger partial charge in [-0.2, -0.15) is 0 Å². The molecule has 0 spiro atoms. The number of nitrogens with one attached hydrogen (secondary N) is 1. The van der Waals surface area contributed by atoms with Crippen LogP contribution in [0.25, 0.3) is 0 Å².